The van der Waals surface area contributed by atoms with E-state index < -0.39 is 6.09 Å². The Balaban J connectivity index is 1.08. The van der Waals surface area contributed by atoms with Gasteiger partial charge in [-0.3, -0.25) is 9.69 Å². The molecule has 0 spiro atoms. The highest BCUT2D eigenvalue weighted by molar-refractivity contribution is 5.95. The summed E-state index contributed by atoms with van der Waals surface area (Å²) in [5, 5.41) is 15.7. The van der Waals surface area contributed by atoms with Crippen LogP contribution in [-0.2, 0) is 22.4 Å². The number of rotatable bonds is 4. The third-order valence-corrected chi connectivity index (χ3v) is 7.33. The molecule has 6 rings (SSSR count). The first-order valence-corrected chi connectivity index (χ1v) is 11.8. The largest absolute Gasteiger partial charge is 0.480 e. The maximum Gasteiger partial charge on any atom is 0.416 e. The molecule has 174 valence electrons. The highest BCUT2D eigenvalue weighted by Gasteiger charge is 2.46. The topological polar surface area (TPSA) is 117 Å². The average molecular weight is 460 g/mol. The molecule has 9 heteroatoms. The minimum atomic E-state index is -0.401. The van der Waals surface area contributed by atoms with Crippen LogP contribution in [0.4, 0.5) is 16.4 Å². The van der Waals surface area contributed by atoms with Gasteiger partial charge in [0.1, 0.15) is 11.9 Å². The first kappa shape index (κ1) is 20.9. The van der Waals surface area contributed by atoms with Gasteiger partial charge in [0.2, 0.25) is 0 Å². The molecule has 1 aromatic carbocycles. The van der Waals surface area contributed by atoms with Crippen LogP contribution in [0.2, 0.25) is 0 Å². The Morgan fingerprint density at radius 1 is 1.21 bits per heavy atom. The zero-order valence-corrected chi connectivity index (χ0v) is 18.6. The van der Waals surface area contributed by atoms with Gasteiger partial charge in [0.05, 0.1) is 17.7 Å². The van der Waals surface area contributed by atoms with Crippen molar-refractivity contribution in [2.75, 3.05) is 23.4 Å². The van der Waals surface area contributed by atoms with Crippen LogP contribution < -0.4 is 20.3 Å². The molecule has 3 heterocycles. The van der Waals surface area contributed by atoms with E-state index in [9.17, 15) is 14.9 Å². The molecule has 2 fully saturated rings. The highest BCUT2D eigenvalue weighted by Crippen LogP contribution is 2.37. The van der Waals surface area contributed by atoms with E-state index in [2.05, 4.69) is 27.8 Å². The fourth-order valence-electron chi connectivity index (χ4n) is 5.71. The molecule has 2 aliphatic carbocycles. The molecule has 2 aromatic rings. The van der Waals surface area contributed by atoms with E-state index in [4.69, 9.17) is 9.47 Å². The lowest BCUT2D eigenvalue weighted by Gasteiger charge is -2.33. The Kier molecular flexibility index (Phi) is 5.11. The van der Waals surface area contributed by atoms with Crippen LogP contribution in [0.1, 0.15) is 36.0 Å². The van der Waals surface area contributed by atoms with Crippen molar-refractivity contribution in [3.05, 3.63) is 47.0 Å². The molecule has 1 saturated carbocycles. The fourth-order valence-corrected chi connectivity index (χ4v) is 5.71. The second-order valence-corrected chi connectivity index (χ2v) is 9.46. The Morgan fingerprint density at radius 3 is 3.00 bits per heavy atom. The summed E-state index contributed by atoms with van der Waals surface area (Å²) in [5.41, 5.74) is 3.27. The molecule has 1 saturated heterocycles. The zero-order chi connectivity index (χ0) is 23.2. The molecule has 4 atom stereocenters. The summed E-state index contributed by atoms with van der Waals surface area (Å²) in [4.78, 5) is 30.4. The maximum atomic E-state index is 12.7. The van der Waals surface area contributed by atoms with Crippen molar-refractivity contribution in [2.45, 2.75) is 50.3 Å². The number of nitriles is 1. The number of amides is 2. The van der Waals surface area contributed by atoms with Gasteiger partial charge in [-0.05, 0) is 67.5 Å². The average Bonchev–Trinajstić information content (AvgIpc) is 3.41. The van der Waals surface area contributed by atoms with Gasteiger partial charge in [-0.15, -0.1) is 0 Å². The second kappa shape index (κ2) is 8.29. The van der Waals surface area contributed by atoms with Crippen LogP contribution in [-0.4, -0.2) is 48.3 Å². The number of nitrogens with one attached hydrogen (secondary N) is 2. The number of carbonyl (C=O) groups is 2. The predicted molar refractivity (Wildman–Crippen MR) is 123 cm³/mol. The van der Waals surface area contributed by atoms with Crippen LogP contribution in [0, 0.1) is 17.2 Å². The van der Waals surface area contributed by atoms with Gasteiger partial charge >= 0.3 is 6.09 Å². The number of hydrogen-bond donors (Lipinski definition) is 2. The van der Waals surface area contributed by atoms with Gasteiger partial charge in [-0.25, -0.2) is 9.78 Å². The number of fused-ring (bicyclic) bond motifs is 3. The Morgan fingerprint density at radius 2 is 2.12 bits per heavy atom. The van der Waals surface area contributed by atoms with Crippen molar-refractivity contribution in [2.24, 2.45) is 5.92 Å². The first-order chi connectivity index (χ1) is 16.6. The van der Waals surface area contributed by atoms with Gasteiger partial charge in [0, 0.05) is 12.5 Å². The van der Waals surface area contributed by atoms with Gasteiger partial charge in [-0.1, -0.05) is 12.1 Å². The van der Waals surface area contributed by atoms with Gasteiger partial charge < -0.3 is 20.1 Å². The SMILES string of the molecule is N#Cc1cccc2c1CC(CNC1CCC3C(C1)OC(=O)N3c1ccc3c(n1)NC(=O)CO3)C2. The first-order valence-electron chi connectivity index (χ1n) is 11.8. The number of aromatic nitrogens is 1. The summed E-state index contributed by atoms with van der Waals surface area (Å²) >= 11 is 0. The number of nitrogens with zero attached hydrogens (tertiary/aromatic N) is 3. The van der Waals surface area contributed by atoms with E-state index in [1.54, 1.807) is 17.0 Å². The monoisotopic (exact) mass is 459 g/mol. The second-order valence-electron chi connectivity index (χ2n) is 9.46. The van der Waals surface area contributed by atoms with Crippen molar-refractivity contribution in [1.82, 2.24) is 10.3 Å². The van der Waals surface area contributed by atoms with Gasteiger partial charge in [-0.2, -0.15) is 5.26 Å². The predicted octanol–water partition coefficient (Wildman–Crippen LogP) is 2.54. The summed E-state index contributed by atoms with van der Waals surface area (Å²) < 4.78 is 11.1. The Hall–Kier alpha value is -3.64. The van der Waals surface area contributed by atoms with Crippen molar-refractivity contribution >= 4 is 23.6 Å². The van der Waals surface area contributed by atoms with E-state index in [1.807, 2.05) is 12.1 Å². The smallest absolute Gasteiger partial charge is 0.416 e. The number of ether oxygens (including phenoxy) is 2. The number of carbonyl (C=O) groups excluding carboxylic acids is 2. The summed E-state index contributed by atoms with van der Waals surface area (Å²) in [5.74, 6) is 1.50. The third-order valence-electron chi connectivity index (χ3n) is 7.33. The van der Waals surface area contributed by atoms with Gasteiger partial charge in [0.25, 0.3) is 5.91 Å². The van der Waals surface area contributed by atoms with E-state index >= 15 is 0 Å². The molecule has 2 aliphatic heterocycles. The number of anilines is 2. The molecule has 2 N–H and O–H groups in total. The molecule has 9 nitrogen and oxygen atoms in total. The minimum absolute atomic E-state index is 0.0364. The molecule has 4 unspecified atom stereocenters. The molecule has 2 amide bonds. The van der Waals surface area contributed by atoms with Crippen LogP contribution in [0.25, 0.3) is 0 Å². The highest BCUT2D eigenvalue weighted by atomic mass is 16.6. The lowest BCUT2D eigenvalue weighted by atomic mass is 9.88. The quantitative estimate of drug-likeness (QED) is 0.722. The zero-order valence-electron chi connectivity index (χ0n) is 18.6. The van der Waals surface area contributed by atoms with Crippen LogP contribution in [0.5, 0.6) is 5.75 Å². The molecule has 4 aliphatic rings. The van der Waals surface area contributed by atoms with Crippen molar-refractivity contribution in [3.8, 4) is 11.8 Å². The molecular formula is C25H25N5O4. The van der Waals surface area contributed by atoms with E-state index in [1.165, 1.54) is 11.1 Å². The molecule has 1 aromatic heterocycles. The van der Waals surface area contributed by atoms with E-state index in [0.29, 0.717) is 23.3 Å². The molecule has 34 heavy (non-hydrogen) atoms. The van der Waals surface area contributed by atoms with Crippen LogP contribution in [0.3, 0.4) is 0 Å². The third kappa shape index (κ3) is 3.64. The van der Waals surface area contributed by atoms with Crippen molar-refractivity contribution < 1.29 is 19.1 Å². The van der Waals surface area contributed by atoms with Crippen molar-refractivity contribution in [3.63, 3.8) is 0 Å². The van der Waals surface area contributed by atoms with Gasteiger partial charge in [0.15, 0.2) is 18.2 Å². The minimum Gasteiger partial charge on any atom is -0.480 e. The standard InChI is InChI=1S/C25H25N5O4/c26-11-16-3-1-2-15-8-14(9-18(15)16)12-27-17-4-5-19-21(10-17)34-25(32)30(19)22-7-6-20-24(28-22)29-23(31)13-33-20/h1-3,6-7,14,17,19,21,27H,4-5,8-10,12-13H2,(H,28,29,31). The van der Waals surface area contributed by atoms with E-state index in [0.717, 1.165) is 44.2 Å². The lowest BCUT2D eigenvalue weighted by Crippen LogP contribution is -2.47. The van der Waals surface area contributed by atoms with E-state index in [-0.39, 0.29) is 30.7 Å². The molecule has 0 bridgehead atoms. The summed E-state index contributed by atoms with van der Waals surface area (Å²) in [6, 6.07) is 12.0. The molecular weight excluding hydrogens is 434 g/mol. The summed E-state index contributed by atoms with van der Waals surface area (Å²) in [7, 11) is 0. The summed E-state index contributed by atoms with van der Waals surface area (Å²) in [6.07, 6.45) is 3.80. The van der Waals surface area contributed by atoms with Crippen LogP contribution in [0.15, 0.2) is 30.3 Å². The normalized spacial score (nSPS) is 27.1. The molecule has 0 radical (unpaired) electrons. The fraction of sp³-hybridized carbons (Fsp3) is 0.440. The summed E-state index contributed by atoms with van der Waals surface area (Å²) in [6.45, 7) is 0.844. The number of hydrogen-bond acceptors (Lipinski definition) is 7. The van der Waals surface area contributed by atoms with Crippen molar-refractivity contribution in [1.29, 1.82) is 5.26 Å². The van der Waals surface area contributed by atoms with Crippen LogP contribution >= 0.6 is 0 Å². The lowest BCUT2D eigenvalue weighted by molar-refractivity contribution is -0.118. The number of pyridine rings is 1. The maximum absolute atomic E-state index is 12.7. The Labute approximate surface area is 197 Å². The number of benzene rings is 1. The Bertz CT molecular complexity index is 1210.